The fourth-order valence-electron chi connectivity index (χ4n) is 3.77. The number of likely N-dealkylation sites (N-methyl/N-ethyl adjacent to an activating group) is 1. The third-order valence-corrected chi connectivity index (χ3v) is 6.67. The van der Waals surface area contributed by atoms with Crippen molar-refractivity contribution in [3.05, 3.63) is 102 Å². The first-order valence-corrected chi connectivity index (χ1v) is 14.4. The van der Waals surface area contributed by atoms with E-state index in [-0.39, 0.29) is 6.61 Å². The van der Waals surface area contributed by atoms with Gasteiger partial charge in [0.05, 0.1) is 6.61 Å². The number of allylic oxidation sites excluding steroid dienone is 4. The van der Waals surface area contributed by atoms with Crippen LogP contribution in [0.5, 0.6) is 0 Å². The van der Waals surface area contributed by atoms with Crippen molar-refractivity contribution in [1.82, 2.24) is 15.1 Å². The lowest BCUT2D eigenvalue weighted by Gasteiger charge is -2.21. The van der Waals surface area contributed by atoms with E-state index in [1.54, 1.807) is 0 Å². The van der Waals surface area contributed by atoms with Crippen molar-refractivity contribution >= 4 is 18.7 Å². The minimum absolute atomic E-state index is 0.184. The van der Waals surface area contributed by atoms with E-state index in [1.807, 2.05) is 19.1 Å². The van der Waals surface area contributed by atoms with Gasteiger partial charge in [-0.1, -0.05) is 99.7 Å². The zero-order valence-corrected chi connectivity index (χ0v) is 25.0. The number of aromatic nitrogens is 2. The van der Waals surface area contributed by atoms with Crippen molar-refractivity contribution in [2.24, 2.45) is 11.8 Å². The van der Waals surface area contributed by atoms with E-state index in [2.05, 4.69) is 135 Å². The minimum atomic E-state index is 0.184. The smallest absolute Gasteiger partial charge is 0.247 e. The highest BCUT2D eigenvalue weighted by Crippen LogP contribution is 2.20. The zero-order valence-electron chi connectivity index (χ0n) is 24.1. The first-order chi connectivity index (χ1) is 18.9. The second-order valence-corrected chi connectivity index (χ2v) is 10.3. The molecule has 1 aromatic heterocycles. The number of rotatable bonds is 8. The van der Waals surface area contributed by atoms with Gasteiger partial charge in [-0.05, 0) is 62.0 Å². The Balaban J connectivity index is 0.000000339. The fraction of sp³-hybridized carbons (Fsp3) is 0.394. The first-order valence-electron chi connectivity index (χ1n) is 13.7. The average Bonchev–Trinajstić information content (AvgIpc) is 3.37. The molecule has 5 nitrogen and oxygen atoms in total. The third-order valence-electron chi connectivity index (χ3n) is 6.47. The molecule has 1 heterocycles. The lowest BCUT2D eigenvalue weighted by molar-refractivity contribution is 0.323. The van der Waals surface area contributed by atoms with E-state index >= 15 is 0 Å². The van der Waals surface area contributed by atoms with Gasteiger partial charge in [0.15, 0.2) is 0 Å². The molecule has 2 aromatic carbocycles. The zero-order chi connectivity index (χ0) is 28.5. The molecule has 0 fully saturated rings. The number of thiol groups is 1. The first kappa shape index (κ1) is 32.3. The molecule has 4 rings (SSSR count). The Morgan fingerprint density at radius 2 is 1.62 bits per heavy atom. The number of benzene rings is 2. The van der Waals surface area contributed by atoms with Gasteiger partial charge in [0.2, 0.25) is 11.8 Å². The summed E-state index contributed by atoms with van der Waals surface area (Å²) in [7, 11) is 4.23. The lowest BCUT2D eigenvalue weighted by Crippen LogP contribution is -2.27. The minimum Gasteiger partial charge on any atom is -0.421 e. The molecule has 39 heavy (non-hydrogen) atoms. The van der Waals surface area contributed by atoms with E-state index in [4.69, 9.17) is 9.52 Å². The maximum absolute atomic E-state index is 7.80. The van der Waals surface area contributed by atoms with Crippen LogP contribution in [0, 0.1) is 11.8 Å². The highest BCUT2D eigenvalue weighted by molar-refractivity contribution is 7.80. The molecule has 210 valence electrons. The quantitative estimate of drug-likeness (QED) is 0.231. The Kier molecular flexibility index (Phi) is 15.2. The molecule has 0 saturated heterocycles. The molecule has 3 aromatic rings. The van der Waals surface area contributed by atoms with Gasteiger partial charge >= 0.3 is 0 Å². The van der Waals surface area contributed by atoms with Crippen molar-refractivity contribution in [3.63, 3.8) is 0 Å². The molecule has 0 amide bonds. The van der Waals surface area contributed by atoms with Crippen LogP contribution >= 0.6 is 12.6 Å². The average molecular weight is 548 g/mol. The molecule has 2 unspecified atom stereocenters. The molecular formula is C33H45N3O2S. The molecule has 1 N–H and O–H groups in total. The molecule has 0 radical (unpaired) electrons. The van der Waals surface area contributed by atoms with Gasteiger partial charge in [-0.25, -0.2) is 0 Å². The molecular weight excluding hydrogens is 502 g/mol. The highest BCUT2D eigenvalue weighted by atomic mass is 32.1. The van der Waals surface area contributed by atoms with Crippen molar-refractivity contribution < 1.29 is 9.52 Å². The summed E-state index contributed by atoms with van der Waals surface area (Å²) in [6.45, 7) is 6.71. The van der Waals surface area contributed by atoms with Gasteiger partial charge in [-0.3, -0.25) is 0 Å². The summed E-state index contributed by atoms with van der Waals surface area (Å²) in [5, 5.41) is 15.9. The Labute approximate surface area is 240 Å². The molecule has 1 aliphatic rings. The van der Waals surface area contributed by atoms with Gasteiger partial charge in [0, 0.05) is 23.8 Å². The van der Waals surface area contributed by atoms with Crippen molar-refractivity contribution in [2.75, 3.05) is 26.5 Å². The van der Waals surface area contributed by atoms with Crippen molar-refractivity contribution in [2.45, 2.75) is 46.1 Å². The fourth-order valence-corrected chi connectivity index (χ4v) is 3.77. The Morgan fingerprint density at radius 3 is 2.13 bits per heavy atom. The van der Waals surface area contributed by atoms with Gasteiger partial charge in [-0.2, -0.15) is 12.6 Å². The number of hydrogen-bond acceptors (Lipinski definition) is 6. The molecule has 1 aliphatic carbocycles. The number of aliphatic hydroxyl groups is 1. The van der Waals surface area contributed by atoms with Crippen molar-refractivity contribution in [3.8, 4) is 11.5 Å². The largest absolute Gasteiger partial charge is 0.421 e. The Morgan fingerprint density at radius 1 is 1.00 bits per heavy atom. The van der Waals surface area contributed by atoms with Gasteiger partial charge in [0.1, 0.15) is 0 Å². The van der Waals surface area contributed by atoms with E-state index in [9.17, 15) is 0 Å². The second-order valence-electron chi connectivity index (χ2n) is 9.81. The molecule has 0 spiro atoms. The summed E-state index contributed by atoms with van der Waals surface area (Å²) >= 11 is 3.67. The van der Waals surface area contributed by atoms with E-state index in [0.717, 1.165) is 42.2 Å². The summed E-state index contributed by atoms with van der Waals surface area (Å²) in [5.41, 5.74) is 3.45. The van der Waals surface area contributed by atoms with Gasteiger partial charge < -0.3 is 14.4 Å². The van der Waals surface area contributed by atoms with Crippen LogP contribution < -0.4 is 0 Å². The van der Waals surface area contributed by atoms with Gasteiger partial charge in [-0.15, -0.1) is 10.2 Å². The topological polar surface area (TPSA) is 62.4 Å². The molecule has 0 aliphatic heterocycles. The summed E-state index contributed by atoms with van der Waals surface area (Å²) in [5.74, 6) is 3.26. The van der Waals surface area contributed by atoms with E-state index in [0.29, 0.717) is 23.6 Å². The summed E-state index contributed by atoms with van der Waals surface area (Å²) in [6.07, 6.45) is 16.4. The summed E-state index contributed by atoms with van der Waals surface area (Å²) < 4.78 is 5.61. The van der Waals surface area contributed by atoms with Crippen LogP contribution in [0.25, 0.3) is 17.5 Å². The predicted molar refractivity (Wildman–Crippen MR) is 168 cm³/mol. The van der Waals surface area contributed by atoms with Crippen LogP contribution in [0.15, 0.2) is 89.4 Å². The maximum Gasteiger partial charge on any atom is 0.247 e. The normalized spacial score (nSPS) is 17.2. The van der Waals surface area contributed by atoms with Crippen LogP contribution in [0.3, 0.4) is 0 Å². The van der Waals surface area contributed by atoms with E-state index < -0.39 is 0 Å². The molecule has 0 saturated carbocycles. The Hall–Kier alpha value is -2.93. The third kappa shape index (κ3) is 12.2. The molecule has 0 bridgehead atoms. The van der Waals surface area contributed by atoms with E-state index in [1.165, 1.54) is 5.56 Å². The van der Waals surface area contributed by atoms with Crippen LogP contribution in [-0.4, -0.2) is 52.7 Å². The number of aliphatic hydroxyl groups excluding tert-OH is 1. The van der Waals surface area contributed by atoms with Crippen LogP contribution in [-0.2, 0) is 12.8 Å². The standard InChI is InChI=1S/C22H25N3O.C9H14.C2H6OS/c1-4-21-23-24-22(26-21)19-13-10-17(11-14-19)12-15-20(25(2)3)16-18-8-6-5-7-9-18;1-8-6-4-3-5-7-9(8)2;3-1-2-4/h5-15,20H,4,16H2,1-3H3;4-9H,3H2,1-2H3;3-4H,1-2H2/b15-12+;;/t20-;;/m0../s1. The predicted octanol–water partition coefficient (Wildman–Crippen LogP) is 7.17. The number of nitrogens with zero attached hydrogens (tertiary/aromatic N) is 3. The Bertz CT molecular complexity index is 1120. The lowest BCUT2D eigenvalue weighted by atomic mass is 9.97. The van der Waals surface area contributed by atoms with Crippen LogP contribution in [0.1, 0.15) is 44.2 Å². The summed E-state index contributed by atoms with van der Waals surface area (Å²) in [6, 6.07) is 19.1. The van der Waals surface area contributed by atoms with Crippen LogP contribution in [0.2, 0.25) is 0 Å². The van der Waals surface area contributed by atoms with Crippen LogP contribution in [0.4, 0.5) is 0 Å². The number of hydrogen-bond donors (Lipinski definition) is 2. The number of aryl methyl sites for hydroxylation is 1. The SMILES string of the molecule is CC1C=CCC=CC1C.CCc1nnc(-c2ccc(/C=C/[C@@H](Cc3ccccc3)N(C)C)cc2)o1.OCCS. The highest BCUT2D eigenvalue weighted by Gasteiger charge is 2.09. The summed E-state index contributed by atoms with van der Waals surface area (Å²) in [4.78, 5) is 2.24. The second kappa shape index (κ2) is 18.4. The molecule has 6 heteroatoms. The van der Waals surface area contributed by atoms with Gasteiger partial charge in [0.25, 0.3) is 0 Å². The monoisotopic (exact) mass is 547 g/mol. The van der Waals surface area contributed by atoms with Crippen molar-refractivity contribution in [1.29, 1.82) is 0 Å². The maximum atomic E-state index is 7.80. The molecule has 3 atom stereocenters.